The molecule has 0 N–H and O–H groups in total. The van der Waals surface area contributed by atoms with Crippen molar-refractivity contribution < 1.29 is 9.53 Å². The molecular formula is C24H28ClN3O2. The average Bonchev–Trinajstić information content (AvgIpc) is 3.01. The average molecular weight is 426 g/mol. The Bertz CT molecular complexity index is 1060. The van der Waals surface area contributed by atoms with Crippen molar-refractivity contribution in [3.8, 4) is 5.75 Å². The van der Waals surface area contributed by atoms with Crippen LogP contribution in [0.2, 0.25) is 5.02 Å². The number of ether oxygens (including phenoxy) is 1. The maximum atomic E-state index is 13.0. The van der Waals surface area contributed by atoms with Crippen molar-refractivity contribution >= 4 is 17.5 Å². The van der Waals surface area contributed by atoms with Gasteiger partial charge >= 0.3 is 0 Å². The summed E-state index contributed by atoms with van der Waals surface area (Å²) in [4.78, 5) is 14.7. The second-order valence-corrected chi connectivity index (χ2v) is 7.96. The molecule has 0 saturated heterocycles. The van der Waals surface area contributed by atoms with E-state index in [1.807, 2.05) is 75.0 Å². The van der Waals surface area contributed by atoms with E-state index in [0.717, 1.165) is 34.6 Å². The standard InChI is InChI=1S/C24H28ClN3O2/c1-6-28-18(4)21(17(3)26-28)14-27(5)24(29)20-9-7-8-19(13-20)15-30-23-12-16(2)10-11-22(23)25/h7-13H,6,14-15H2,1-5H3. The molecule has 30 heavy (non-hydrogen) atoms. The summed E-state index contributed by atoms with van der Waals surface area (Å²) in [5.41, 5.74) is 5.79. The molecule has 0 atom stereocenters. The van der Waals surface area contributed by atoms with Gasteiger partial charge in [0.1, 0.15) is 12.4 Å². The number of hydrogen-bond acceptors (Lipinski definition) is 3. The first-order valence-electron chi connectivity index (χ1n) is 10.1. The van der Waals surface area contributed by atoms with Crippen LogP contribution in [0.15, 0.2) is 42.5 Å². The summed E-state index contributed by atoms with van der Waals surface area (Å²) in [5.74, 6) is 0.609. The van der Waals surface area contributed by atoms with Gasteiger partial charge in [0.2, 0.25) is 0 Å². The zero-order chi connectivity index (χ0) is 21.8. The van der Waals surface area contributed by atoms with Gasteiger partial charge in [0.15, 0.2) is 0 Å². The molecule has 5 nitrogen and oxygen atoms in total. The highest BCUT2D eigenvalue weighted by atomic mass is 35.5. The maximum Gasteiger partial charge on any atom is 0.253 e. The summed E-state index contributed by atoms with van der Waals surface area (Å²) in [6.07, 6.45) is 0. The number of rotatable bonds is 7. The van der Waals surface area contributed by atoms with Gasteiger partial charge in [-0.3, -0.25) is 9.48 Å². The minimum Gasteiger partial charge on any atom is -0.487 e. The molecule has 0 aliphatic heterocycles. The van der Waals surface area contributed by atoms with E-state index in [9.17, 15) is 4.79 Å². The fourth-order valence-corrected chi connectivity index (χ4v) is 3.65. The normalized spacial score (nSPS) is 10.9. The van der Waals surface area contributed by atoms with Crippen molar-refractivity contribution in [3.63, 3.8) is 0 Å². The van der Waals surface area contributed by atoms with Crippen LogP contribution in [-0.4, -0.2) is 27.6 Å². The second kappa shape index (κ2) is 9.35. The number of aromatic nitrogens is 2. The lowest BCUT2D eigenvalue weighted by atomic mass is 10.1. The summed E-state index contributed by atoms with van der Waals surface area (Å²) >= 11 is 6.21. The monoisotopic (exact) mass is 425 g/mol. The number of benzene rings is 2. The molecule has 0 unspecified atom stereocenters. The first kappa shape index (κ1) is 21.9. The van der Waals surface area contributed by atoms with E-state index >= 15 is 0 Å². The summed E-state index contributed by atoms with van der Waals surface area (Å²) in [6, 6.07) is 13.2. The van der Waals surface area contributed by atoms with Gasteiger partial charge in [0.05, 0.1) is 10.7 Å². The van der Waals surface area contributed by atoms with Crippen molar-refractivity contribution in [3.05, 3.63) is 81.1 Å². The predicted molar refractivity (Wildman–Crippen MR) is 120 cm³/mol. The minimum atomic E-state index is -0.0338. The van der Waals surface area contributed by atoms with Crippen molar-refractivity contribution in [1.82, 2.24) is 14.7 Å². The lowest BCUT2D eigenvalue weighted by Gasteiger charge is -2.18. The quantitative estimate of drug-likeness (QED) is 0.513. The number of carbonyl (C=O) groups is 1. The molecule has 3 rings (SSSR count). The highest BCUT2D eigenvalue weighted by Crippen LogP contribution is 2.26. The Morgan fingerprint density at radius 1 is 1.17 bits per heavy atom. The second-order valence-electron chi connectivity index (χ2n) is 7.55. The van der Waals surface area contributed by atoms with Gasteiger partial charge in [0.25, 0.3) is 5.91 Å². The van der Waals surface area contributed by atoms with Crippen LogP contribution in [-0.2, 0) is 19.7 Å². The van der Waals surface area contributed by atoms with Crippen LogP contribution in [0.5, 0.6) is 5.75 Å². The smallest absolute Gasteiger partial charge is 0.253 e. The van der Waals surface area contributed by atoms with Crippen molar-refractivity contribution in [2.45, 2.75) is 47.4 Å². The number of nitrogens with zero attached hydrogens (tertiary/aromatic N) is 3. The van der Waals surface area contributed by atoms with Crippen LogP contribution in [0.25, 0.3) is 0 Å². The summed E-state index contributed by atoms with van der Waals surface area (Å²) in [7, 11) is 1.82. The summed E-state index contributed by atoms with van der Waals surface area (Å²) in [5, 5.41) is 5.12. The lowest BCUT2D eigenvalue weighted by molar-refractivity contribution is 0.0784. The minimum absolute atomic E-state index is 0.0338. The van der Waals surface area contributed by atoms with Gasteiger partial charge in [-0.25, -0.2) is 0 Å². The highest BCUT2D eigenvalue weighted by Gasteiger charge is 2.17. The molecule has 0 aliphatic carbocycles. The maximum absolute atomic E-state index is 13.0. The zero-order valence-electron chi connectivity index (χ0n) is 18.2. The first-order valence-corrected chi connectivity index (χ1v) is 10.4. The Labute approximate surface area is 183 Å². The first-order chi connectivity index (χ1) is 14.3. The van der Waals surface area contributed by atoms with Crippen LogP contribution < -0.4 is 4.74 Å². The van der Waals surface area contributed by atoms with Crippen LogP contribution in [0.1, 0.15) is 45.4 Å². The van der Waals surface area contributed by atoms with Crippen LogP contribution in [0.3, 0.4) is 0 Å². The number of aryl methyl sites for hydroxylation is 3. The van der Waals surface area contributed by atoms with Crippen LogP contribution in [0.4, 0.5) is 0 Å². The Kier molecular flexibility index (Phi) is 6.83. The van der Waals surface area contributed by atoms with Crippen molar-refractivity contribution in [1.29, 1.82) is 0 Å². The molecular weight excluding hydrogens is 398 g/mol. The third-order valence-corrected chi connectivity index (χ3v) is 5.54. The molecule has 0 radical (unpaired) electrons. The van der Waals surface area contributed by atoms with Gasteiger partial charge in [-0.1, -0.05) is 29.8 Å². The van der Waals surface area contributed by atoms with Gasteiger partial charge in [0, 0.05) is 37.0 Å². The molecule has 2 aromatic carbocycles. The van der Waals surface area contributed by atoms with E-state index in [1.54, 1.807) is 4.90 Å². The van der Waals surface area contributed by atoms with E-state index in [0.29, 0.717) is 29.5 Å². The summed E-state index contributed by atoms with van der Waals surface area (Å²) < 4.78 is 7.84. The Balaban J connectivity index is 1.71. The third kappa shape index (κ3) is 4.85. The van der Waals surface area contributed by atoms with E-state index < -0.39 is 0 Å². The Morgan fingerprint density at radius 2 is 1.93 bits per heavy atom. The van der Waals surface area contributed by atoms with E-state index in [1.165, 1.54) is 0 Å². The van der Waals surface area contributed by atoms with Crippen molar-refractivity contribution in [2.75, 3.05) is 7.05 Å². The summed E-state index contributed by atoms with van der Waals surface area (Å²) in [6.45, 7) is 9.78. The van der Waals surface area contributed by atoms with Crippen LogP contribution in [0, 0.1) is 20.8 Å². The predicted octanol–water partition coefficient (Wildman–Crippen LogP) is 5.33. The molecule has 0 spiro atoms. The fraction of sp³-hybridized carbons (Fsp3) is 0.333. The molecule has 158 valence electrons. The van der Waals surface area contributed by atoms with Crippen LogP contribution >= 0.6 is 11.6 Å². The highest BCUT2D eigenvalue weighted by molar-refractivity contribution is 6.32. The number of carbonyl (C=O) groups excluding carboxylic acids is 1. The van der Waals surface area contributed by atoms with E-state index in [4.69, 9.17) is 16.3 Å². The van der Waals surface area contributed by atoms with E-state index in [-0.39, 0.29) is 5.91 Å². The number of amides is 1. The SMILES string of the molecule is CCn1nc(C)c(CN(C)C(=O)c2cccc(COc3cc(C)ccc3Cl)c2)c1C. The Morgan fingerprint density at radius 3 is 2.63 bits per heavy atom. The fourth-order valence-electron chi connectivity index (χ4n) is 3.48. The largest absolute Gasteiger partial charge is 0.487 e. The van der Waals surface area contributed by atoms with Crippen molar-refractivity contribution in [2.24, 2.45) is 0 Å². The molecule has 1 aromatic heterocycles. The molecule has 3 aromatic rings. The van der Waals surface area contributed by atoms with Gasteiger partial charge < -0.3 is 9.64 Å². The molecule has 1 amide bonds. The molecule has 0 aliphatic rings. The Hall–Kier alpha value is -2.79. The molecule has 6 heteroatoms. The third-order valence-electron chi connectivity index (χ3n) is 5.23. The van der Waals surface area contributed by atoms with Gasteiger partial charge in [-0.2, -0.15) is 5.10 Å². The topological polar surface area (TPSA) is 47.4 Å². The van der Waals surface area contributed by atoms with Gasteiger partial charge in [-0.15, -0.1) is 0 Å². The molecule has 0 saturated carbocycles. The van der Waals surface area contributed by atoms with Gasteiger partial charge in [-0.05, 0) is 63.1 Å². The molecule has 1 heterocycles. The molecule has 0 fully saturated rings. The molecule has 0 bridgehead atoms. The number of hydrogen-bond donors (Lipinski definition) is 0. The van der Waals surface area contributed by atoms with E-state index in [2.05, 4.69) is 12.0 Å². The lowest BCUT2D eigenvalue weighted by Crippen LogP contribution is -2.26. The number of halogens is 1. The zero-order valence-corrected chi connectivity index (χ0v) is 19.0.